The smallest absolute Gasteiger partial charge is 0.254 e. The molecule has 0 saturated heterocycles. The number of nitrogens with two attached hydrogens (primary N) is 1. The number of carbonyl (C=O) groups is 1. The first-order valence-electron chi connectivity index (χ1n) is 6.12. The first-order valence-corrected chi connectivity index (χ1v) is 6.94. The van der Waals surface area contributed by atoms with E-state index in [0.29, 0.717) is 16.1 Å². The number of nitrogen functional groups attached to an aromatic ring is 1. The second-order valence-electron chi connectivity index (χ2n) is 4.63. The highest BCUT2D eigenvalue weighted by molar-refractivity contribution is 7.99. The molecule has 0 atom stereocenters. The second kappa shape index (κ2) is 6.13. The van der Waals surface area contributed by atoms with Crippen LogP contribution in [0.5, 0.6) is 0 Å². The van der Waals surface area contributed by atoms with E-state index in [1.807, 2.05) is 0 Å². The molecule has 110 valence electrons. The van der Waals surface area contributed by atoms with E-state index >= 15 is 0 Å². The molecule has 0 aliphatic rings. The molecule has 0 spiro atoms. The Labute approximate surface area is 125 Å². The molecule has 2 aromatic rings. The van der Waals surface area contributed by atoms with Gasteiger partial charge in [0.15, 0.2) is 0 Å². The van der Waals surface area contributed by atoms with Crippen LogP contribution in [0.25, 0.3) is 0 Å². The van der Waals surface area contributed by atoms with Crippen molar-refractivity contribution in [3.8, 4) is 0 Å². The molecule has 0 fully saturated rings. The molecule has 2 N–H and O–H groups in total. The number of hydrogen-bond acceptors (Lipinski definition) is 3. The molecule has 0 aromatic heterocycles. The Morgan fingerprint density at radius 1 is 1.10 bits per heavy atom. The molecule has 0 aliphatic carbocycles. The molecule has 6 heteroatoms. The summed E-state index contributed by atoms with van der Waals surface area (Å²) in [7, 11) is 3.24. The summed E-state index contributed by atoms with van der Waals surface area (Å²) in [5, 5.41) is 0. The van der Waals surface area contributed by atoms with E-state index < -0.39 is 11.6 Å². The van der Waals surface area contributed by atoms with Crippen molar-refractivity contribution in [3.05, 3.63) is 53.6 Å². The van der Waals surface area contributed by atoms with E-state index in [1.165, 1.54) is 4.90 Å². The molecule has 0 saturated carbocycles. The van der Waals surface area contributed by atoms with Crippen molar-refractivity contribution in [3.63, 3.8) is 0 Å². The van der Waals surface area contributed by atoms with E-state index in [4.69, 9.17) is 5.73 Å². The number of carbonyl (C=O) groups excluding carboxylic acids is 1. The van der Waals surface area contributed by atoms with E-state index in [1.54, 1.807) is 32.3 Å². The van der Waals surface area contributed by atoms with Gasteiger partial charge in [-0.15, -0.1) is 0 Å². The Morgan fingerprint density at radius 2 is 1.81 bits per heavy atom. The number of nitrogens with zero attached hydrogens (tertiary/aromatic N) is 1. The highest BCUT2D eigenvalue weighted by Gasteiger charge is 2.16. The Bertz CT molecular complexity index is 689. The summed E-state index contributed by atoms with van der Waals surface area (Å²) < 4.78 is 27.0. The summed E-state index contributed by atoms with van der Waals surface area (Å²) >= 11 is 0.972. The monoisotopic (exact) mass is 308 g/mol. The van der Waals surface area contributed by atoms with Crippen molar-refractivity contribution in [1.82, 2.24) is 4.90 Å². The Balaban J connectivity index is 2.45. The largest absolute Gasteiger partial charge is 0.399 e. The van der Waals surface area contributed by atoms with Gasteiger partial charge in [0.25, 0.3) is 5.91 Å². The third-order valence-corrected chi connectivity index (χ3v) is 3.85. The third-order valence-electron chi connectivity index (χ3n) is 2.76. The van der Waals surface area contributed by atoms with Crippen LogP contribution in [-0.2, 0) is 0 Å². The van der Waals surface area contributed by atoms with Gasteiger partial charge in [-0.2, -0.15) is 0 Å². The predicted molar refractivity (Wildman–Crippen MR) is 79.4 cm³/mol. The summed E-state index contributed by atoms with van der Waals surface area (Å²) in [6, 6.07) is 7.95. The van der Waals surface area contributed by atoms with Gasteiger partial charge in [0.1, 0.15) is 11.6 Å². The van der Waals surface area contributed by atoms with Gasteiger partial charge in [0, 0.05) is 24.7 Å². The van der Waals surface area contributed by atoms with Gasteiger partial charge in [0.2, 0.25) is 0 Å². The van der Waals surface area contributed by atoms with Crippen molar-refractivity contribution in [2.24, 2.45) is 0 Å². The van der Waals surface area contributed by atoms with Gasteiger partial charge in [-0.25, -0.2) is 8.78 Å². The lowest BCUT2D eigenvalue weighted by Gasteiger charge is -2.14. The standard InChI is InChI=1S/C15H14F2N2OS/c1-19(2)15(20)11-5-4-10(18)8-13(11)21-14-7-9(16)3-6-12(14)17/h3-8H,18H2,1-2H3. The Hall–Kier alpha value is -2.08. The molecule has 2 rings (SSSR count). The summed E-state index contributed by atoms with van der Waals surface area (Å²) in [5.74, 6) is -1.32. The van der Waals surface area contributed by atoms with Gasteiger partial charge in [0.05, 0.1) is 10.5 Å². The van der Waals surface area contributed by atoms with Gasteiger partial charge in [-0.05, 0) is 36.4 Å². The summed E-state index contributed by atoms with van der Waals surface area (Å²) in [5.41, 5.74) is 6.56. The van der Waals surface area contributed by atoms with E-state index in [0.717, 1.165) is 30.0 Å². The van der Waals surface area contributed by atoms with Crippen LogP contribution in [0.3, 0.4) is 0 Å². The maximum Gasteiger partial charge on any atom is 0.254 e. The van der Waals surface area contributed by atoms with Crippen LogP contribution in [0.1, 0.15) is 10.4 Å². The average Bonchev–Trinajstić information content (AvgIpc) is 2.42. The molecular formula is C15H14F2N2OS. The number of amides is 1. The van der Waals surface area contributed by atoms with Crippen molar-refractivity contribution in [2.75, 3.05) is 19.8 Å². The van der Waals surface area contributed by atoms with Crippen molar-refractivity contribution >= 4 is 23.4 Å². The molecule has 0 unspecified atom stereocenters. The van der Waals surface area contributed by atoms with Crippen molar-refractivity contribution in [2.45, 2.75) is 9.79 Å². The van der Waals surface area contributed by atoms with Crippen LogP contribution in [0.4, 0.5) is 14.5 Å². The Kier molecular flexibility index (Phi) is 4.47. The van der Waals surface area contributed by atoms with Gasteiger partial charge < -0.3 is 10.6 Å². The zero-order valence-corrected chi connectivity index (χ0v) is 12.4. The number of benzene rings is 2. The number of halogens is 2. The van der Waals surface area contributed by atoms with E-state index in [2.05, 4.69) is 0 Å². The van der Waals surface area contributed by atoms with Crippen LogP contribution < -0.4 is 5.73 Å². The van der Waals surface area contributed by atoms with E-state index in [9.17, 15) is 13.6 Å². The fraction of sp³-hybridized carbons (Fsp3) is 0.133. The third kappa shape index (κ3) is 3.52. The lowest BCUT2D eigenvalue weighted by Crippen LogP contribution is -2.22. The minimum absolute atomic E-state index is 0.105. The summed E-state index contributed by atoms with van der Waals surface area (Å²) in [6.45, 7) is 0. The van der Waals surface area contributed by atoms with E-state index in [-0.39, 0.29) is 10.8 Å². The maximum atomic E-state index is 13.7. The highest BCUT2D eigenvalue weighted by Crippen LogP contribution is 2.34. The van der Waals surface area contributed by atoms with Crippen LogP contribution in [-0.4, -0.2) is 24.9 Å². The number of anilines is 1. The number of rotatable bonds is 3. The van der Waals surface area contributed by atoms with Crippen LogP contribution >= 0.6 is 11.8 Å². The molecule has 2 aromatic carbocycles. The fourth-order valence-electron chi connectivity index (χ4n) is 1.71. The Morgan fingerprint density at radius 3 is 2.48 bits per heavy atom. The molecule has 0 bridgehead atoms. The fourth-order valence-corrected chi connectivity index (χ4v) is 2.75. The normalized spacial score (nSPS) is 10.5. The molecule has 0 aliphatic heterocycles. The zero-order chi connectivity index (χ0) is 15.6. The van der Waals surface area contributed by atoms with Crippen molar-refractivity contribution in [1.29, 1.82) is 0 Å². The topological polar surface area (TPSA) is 46.3 Å². The first kappa shape index (κ1) is 15.3. The highest BCUT2D eigenvalue weighted by atomic mass is 32.2. The second-order valence-corrected chi connectivity index (χ2v) is 5.72. The molecule has 0 radical (unpaired) electrons. The maximum absolute atomic E-state index is 13.7. The minimum atomic E-state index is -0.549. The number of hydrogen-bond donors (Lipinski definition) is 1. The lowest BCUT2D eigenvalue weighted by molar-refractivity contribution is 0.0824. The van der Waals surface area contributed by atoms with Crippen molar-refractivity contribution < 1.29 is 13.6 Å². The van der Waals surface area contributed by atoms with Crippen LogP contribution in [0, 0.1) is 11.6 Å². The summed E-state index contributed by atoms with van der Waals surface area (Å²) in [4.78, 5) is 14.1. The van der Waals surface area contributed by atoms with Crippen LogP contribution in [0.15, 0.2) is 46.2 Å². The van der Waals surface area contributed by atoms with Gasteiger partial charge in [-0.1, -0.05) is 11.8 Å². The van der Waals surface area contributed by atoms with Gasteiger partial charge in [-0.3, -0.25) is 4.79 Å². The quantitative estimate of drug-likeness (QED) is 0.884. The SMILES string of the molecule is CN(C)C(=O)c1ccc(N)cc1Sc1cc(F)ccc1F. The lowest BCUT2D eigenvalue weighted by atomic mass is 10.2. The molecule has 3 nitrogen and oxygen atoms in total. The molecule has 21 heavy (non-hydrogen) atoms. The zero-order valence-electron chi connectivity index (χ0n) is 11.6. The first-order chi connectivity index (χ1) is 9.88. The average molecular weight is 308 g/mol. The van der Waals surface area contributed by atoms with Crippen LogP contribution in [0.2, 0.25) is 0 Å². The molecule has 1 amide bonds. The summed E-state index contributed by atoms with van der Waals surface area (Å²) in [6.07, 6.45) is 0. The predicted octanol–water partition coefficient (Wildman–Crippen LogP) is 3.40. The molecule has 0 heterocycles. The van der Waals surface area contributed by atoms with Gasteiger partial charge >= 0.3 is 0 Å². The molecular weight excluding hydrogens is 294 g/mol. The minimum Gasteiger partial charge on any atom is -0.399 e.